The Hall–Kier alpha value is -1.77. The average Bonchev–Trinajstić information content (AvgIpc) is 2.56. The van der Waals surface area contributed by atoms with Crippen molar-refractivity contribution in [2.45, 2.75) is 37.7 Å². The number of hydrogen-bond donors (Lipinski definition) is 0. The molecule has 3 rings (SSSR count). The van der Waals surface area contributed by atoms with Crippen LogP contribution in [0.25, 0.3) is 0 Å². The van der Waals surface area contributed by atoms with Gasteiger partial charge in [0.1, 0.15) is 11.9 Å². The smallest absolute Gasteiger partial charge is 0.317 e. The van der Waals surface area contributed by atoms with Crippen molar-refractivity contribution in [3.63, 3.8) is 0 Å². The zero-order chi connectivity index (χ0) is 18.9. The van der Waals surface area contributed by atoms with Gasteiger partial charge in [0.25, 0.3) is 0 Å². The molecule has 0 aliphatic carbocycles. The van der Waals surface area contributed by atoms with Crippen molar-refractivity contribution in [1.29, 1.82) is 0 Å². The van der Waals surface area contributed by atoms with Gasteiger partial charge in [-0.3, -0.25) is 0 Å². The summed E-state index contributed by atoms with van der Waals surface area (Å²) in [5.41, 5.74) is 1.57. The molecule has 1 saturated heterocycles. The third-order valence-electron chi connectivity index (χ3n) is 4.10. The van der Waals surface area contributed by atoms with Gasteiger partial charge in [0.05, 0.1) is 16.5 Å². The van der Waals surface area contributed by atoms with Gasteiger partial charge in [0.15, 0.2) is 0 Å². The summed E-state index contributed by atoms with van der Waals surface area (Å²) in [5, 5.41) is -0.223. The van der Waals surface area contributed by atoms with E-state index in [2.05, 4.69) is 9.97 Å². The number of piperidine rings is 1. The molecule has 9 heteroatoms. The summed E-state index contributed by atoms with van der Waals surface area (Å²) < 4.78 is 46.1. The Kier molecular flexibility index (Phi) is 5.45. The van der Waals surface area contributed by atoms with Crippen LogP contribution in [0.5, 0.6) is 6.01 Å². The summed E-state index contributed by atoms with van der Waals surface area (Å²) in [6.07, 6.45) is 0.992. The van der Waals surface area contributed by atoms with E-state index in [0.717, 1.165) is 23.5 Å². The second-order valence-corrected chi connectivity index (χ2v) is 8.60. The molecule has 1 fully saturated rings. The molecule has 0 radical (unpaired) electrons. The predicted octanol–water partition coefficient (Wildman–Crippen LogP) is 3.12. The highest BCUT2D eigenvalue weighted by Crippen LogP contribution is 2.25. The van der Waals surface area contributed by atoms with E-state index in [1.807, 2.05) is 19.9 Å². The lowest BCUT2D eigenvalue weighted by molar-refractivity contribution is 0.119. The van der Waals surface area contributed by atoms with Crippen LogP contribution in [0.1, 0.15) is 24.2 Å². The van der Waals surface area contributed by atoms with Crippen LogP contribution < -0.4 is 4.74 Å². The molecule has 1 aromatic heterocycles. The highest BCUT2D eigenvalue weighted by Gasteiger charge is 2.32. The summed E-state index contributed by atoms with van der Waals surface area (Å²) in [6, 6.07) is 5.48. The van der Waals surface area contributed by atoms with Crippen LogP contribution in [0.3, 0.4) is 0 Å². The van der Waals surface area contributed by atoms with Gasteiger partial charge in [-0.1, -0.05) is 11.6 Å². The molecule has 1 aliphatic rings. The lowest BCUT2D eigenvalue weighted by Gasteiger charge is -2.31. The van der Waals surface area contributed by atoms with E-state index in [-0.39, 0.29) is 28.6 Å². The Morgan fingerprint density at radius 1 is 1.23 bits per heavy atom. The van der Waals surface area contributed by atoms with E-state index < -0.39 is 15.8 Å². The maximum atomic E-state index is 13.3. The van der Waals surface area contributed by atoms with Gasteiger partial charge in [0.2, 0.25) is 10.0 Å². The van der Waals surface area contributed by atoms with E-state index in [0.29, 0.717) is 19.4 Å². The summed E-state index contributed by atoms with van der Waals surface area (Å²) >= 11 is 5.73. The third kappa shape index (κ3) is 4.13. The van der Waals surface area contributed by atoms with Crippen molar-refractivity contribution in [3.8, 4) is 6.01 Å². The van der Waals surface area contributed by atoms with Gasteiger partial charge in [-0.05, 0) is 51.0 Å². The van der Waals surface area contributed by atoms with Crippen LogP contribution in [0.15, 0.2) is 29.2 Å². The second kappa shape index (κ2) is 7.46. The number of halogens is 2. The fourth-order valence-electron chi connectivity index (χ4n) is 2.90. The molecular weight excluding hydrogens is 381 g/mol. The van der Waals surface area contributed by atoms with Crippen molar-refractivity contribution in [2.24, 2.45) is 0 Å². The molecule has 1 unspecified atom stereocenters. The highest BCUT2D eigenvalue weighted by atomic mass is 35.5. The zero-order valence-electron chi connectivity index (χ0n) is 14.4. The van der Waals surface area contributed by atoms with Gasteiger partial charge in [-0.2, -0.15) is 4.31 Å². The molecule has 1 aliphatic heterocycles. The molecule has 0 amide bonds. The Bertz CT molecular complexity index is 903. The molecule has 1 atom stereocenters. The summed E-state index contributed by atoms with van der Waals surface area (Å²) in [6.45, 7) is 4.23. The van der Waals surface area contributed by atoms with Gasteiger partial charge in [-0.25, -0.2) is 22.8 Å². The molecule has 0 N–H and O–H groups in total. The van der Waals surface area contributed by atoms with Gasteiger partial charge in [-0.15, -0.1) is 0 Å². The first-order valence-electron chi connectivity index (χ1n) is 8.20. The van der Waals surface area contributed by atoms with E-state index in [1.165, 1.54) is 10.4 Å². The van der Waals surface area contributed by atoms with E-state index in [4.69, 9.17) is 16.3 Å². The molecule has 140 valence electrons. The molecular formula is C17H19ClFN3O3S. The van der Waals surface area contributed by atoms with Crippen LogP contribution in [-0.2, 0) is 10.0 Å². The van der Waals surface area contributed by atoms with Gasteiger partial charge in [0, 0.05) is 17.9 Å². The predicted molar refractivity (Wildman–Crippen MR) is 95.3 cm³/mol. The first-order chi connectivity index (χ1) is 12.3. The number of sulfonamides is 1. The van der Waals surface area contributed by atoms with Crippen molar-refractivity contribution in [2.75, 3.05) is 13.1 Å². The maximum absolute atomic E-state index is 13.3. The van der Waals surface area contributed by atoms with Crippen molar-refractivity contribution in [1.82, 2.24) is 14.3 Å². The number of benzene rings is 1. The third-order valence-corrected chi connectivity index (χ3v) is 6.25. The van der Waals surface area contributed by atoms with Crippen LogP contribution >= 0.6 is 11.6 Å². The van der Waals surface area contributed by atoms with Gasteiger partial charge < -0.3 is 4.74 Å². The first kappa shape index (κ1) is 19.0. The normalized spacial score (nSPS) is 18.7. The molecule has 0 spiro atoms. The molecule has 26 heavy (non-hydrogen) atoms. The molecule has 2 heterocycles. The Labute approximate surface area is 157 Å². The average molecular weight is 400 g/mol. The fourth-order valence-corrected chi connectivity index (χ4v) is 4.68. The minimum Gasteiger partial charge on any atom is -0.459 e. The highest BCUT2D eigenvalue weighted by molar-refractivity contribution is 7.89. The summed E-state index contributed by atoms with van der Waals surface area (Å²) in [5.74, 6) is -0.655. The monoisotopic (exact) mass is 399 g/mol. The van der Waals surface area contributed by atoms with E-state index >= 15 is 0 Å². The van der Waals surface area contributed by atoms with E-state index in [1.54, 1.807) is 0 Å². The van der Waals surface area contributed by atoms with Crippen LogP contribution in [0.2, 0.25) is 5.02 Å². The van der Waals surface area contributed by atoms with Crippen molar-refractivity contribution >= 4 is 21.6 Å². The largest absolute Gasteiger partial charge is 0.459 e. The minimum absolute atomic E-state index is 0.0350. The molecule has 0 saturated carbocycles. The number of aryl methyl sites for hydroxylation is 2. The SMILES string of the molecule is Cc1cc(C)nc(OC2CCCN(S(=O)(=O)c3ccc(F)c(Cl)c3)C2)n1. The number of hydrogen-bond acceptors (Lipinski definition) is 5. The zero-order valence-corrected chi connectivity index (χ0v) is 16.0. The lowest BCUT2D eigenvalue weighted by Crippen LogP contribution is -2.44. The molecule has 0 bridgehead atoms. The summed E-state index contributed by atoms with van der Waals surface area (Å²) in [7, 11) is -3.78. The maximum Gasteiger partial charge on any atom is 0.317 e. The minimum atomic E-state index is -3.78. The van der Waals surface area contributed by atoms with E-state index in [9.17, 15) is 12.8 Å². The van der Waals surface area contributed by atoms with Crippen LogP contribution in [0, 0.1) is 19.7 Å². The quantitative estimate of drug-likeness (QED) is 0.789. The lowest BCUT2D eigenvalue weighted by atomic mass is 10.1. The van der Waals surface area contributed by atoms with Crippen molar-refractivity contribution < 1.29 is 17.5 Å². The first-order valence-corrected chi connectivity index (χ1v) is 10.0. The standard InChI is InChI=1S/C17H19ClFN3O3S/c1-11-8-12(2)21-17(20-11)25-13-4-3-7-22(10-13)26(23,24)14-5-6-16(19)15(18)9-14/h5-6,8-9,13H,3-4,7,10H2,1-2H3. The number of nitrogens with zero attached hydrogens (tertiary/aromatic N) is 3. The van der Waals surface area contributed by atoms with Crippen LogP contribution in [-0.4, -0.2) is 41.9 Å². The Balaban J connectivity index is 1.77. The fraction of sp³-hybridized carbons (Fsp3) is 0.412. The molecule has 1 aromatic carbocycles. The Morgan fingerprint density at radius 3 is 2.58 bits per heavy atom. The summed E-state index contributed by atoms with van der Waals surface area (Å²) in [4.78, 5) is 8.43. The van der Waals surface area contributed by atoms with Gasteiger partial charge >= 0.3 is 6.01 Å². The van der Waals surface area contributed by atoms with Crippen LogP contribution in [0.4, 0.5) is 4.39 Å². The number of rotatable bonds is 4. The van der Waals surface area contributed by atoms with Crippen molar-refractivity contribution in [3.05, 3.63) is 46.5 Å². The molecule has 6 nitrogen and oxygen atoms in total. The topological polar surface area (TPSA) is 72.4 Å². The molecule has 2 aromatic rings. The second-order valence-electron chi connectivity index (χ2n) is 6.25. The number of aromatic nitrogens is 2. The Morgan fingerprint density at radius 2 is 1.92 bits per heavy atom. The number of ether oxygens (including phenoxy) is 1.